The Morgan fingerprint density at radius 2 is 1.94 bits per heavy atom. The lowest BCUT2D eigenvalue weighted by Gasteiger charge is -2.16. The van der Waals surface area contributed by atoms with Crippen molar-refractivity contribution in [1.29, 1.82) is 0 Å². The Morgan fingerprint density at radius 3 is 2.65 bits per heavy atom. The van der Waals surface area contributed by atoms with Gasteiger partial charge in [0.1, 0.15) is 12.0 Å². The number of fused-ring (bicyclic) bond motifs is 2. The molecule has 0 aliphatic heterocycles. The molecule has 0 saturated carbocycles. The number of hydrogen-bond acceptors (Lipinski definition) is 6. The number of carbonyl (C=O) groups is 1. The standard InChI is InChI=1S/C19H16F3N7O2/c1-10(2)29-14-7-11(19(20,21)22)3-4-12(14)18(31)13(26-29)8-17(30)24-15-5-6-16-25-23-9-28(16)27-15/h3-7,9-10H,8H2,1-2H3,(H,24,27,30). The highest BCUT2D eigenvalue weighted by Crippen LogP contribution is 2.31. The highest BCUT2D eigenvalue weighted by Gasteiger charge is 2.31. The molecule has 1 N–H and O–H groups in total. The van der Waals surface area contributed by atoms with E-state index in [0.717, 1.165) is 18.2 Å². The highest BCUT2D eigenvalue weighted by molar-refractivity contribution is 5.91. The SMILES string of the molecule is CC(C)n1nc(CC(=O)Nc2ccc3nncn3n2)c(=O)c2ccc(C(F)(F)F)cc21. The van der Waals surface area contributed by atoms with Crippen LogP contribution in [0.1, 0.15) is 31.1 Å². The van der Waals surface area contributed by atoms with Crippen LogP contribution in [0.5, 0.6) is 0 Å². The minimum atomic E-state index is -4.55. The molecule has 0 fully saturated rings. The Bertz CT molecular complexity index is 1360. The molecule has 9 nitrogen and oxygen atoms in total. The van der Waals surface area contributed by atoms with Gasteiger partial charge < -0.3 is 5.32 Å². The van der Waals surface area contributed by atoms with Crippen molar-refractivity contribution in [2.75, 3.05) is 5.32 Å². The monoisotopic (exact) mass is 431 g/mol. The van der Waals surface area contributed by atoms with Gasteiger partial charge in [0.25, 0.3) is 0 Å². The first-order chi connectivity index (χ1) is 14.6. The molecular formula is C19H16F3N7O2. The van der Waals surface area contributed by atoms with Crippen molar-refractivity contribution < 1.29 is 18.0 Å². The number of amides is 1. The van der Waals surface area contributed by atoms with Crippen LogP contribution in [0.3, 0.4) is 0 Å². The van der Waals surface area contributed by atoms with Crippen LogP contribution in [0, 0.1) is 0 Å². The third-order valence-corrected chi connectivity index (χ3v) is 4.55. The number of nitrogens with zero attached hydrogens (tertiary/aromatic N) is 6. The summed E-state index contributed by atoms with van der Waals surface area (Å²) < 4.78 is 42.0. The van der Waals surface area contributed by atoms with E-state index in [1.165, 1.54) is 21.6 Å². The molecule has 31 heavy (non-hydrogen) atoms. The molecule has 1 aromatic carbocycles. The highest BCUT2D eigenvalue weighted by atomic mass is 19.4. The summed E-state index contributed by atoms with van der Waals surface area (Å²) in [6.45, 7) is 3.44. The van der Waals surface area contributed by atoms with Gasteiger partial charge in [-0.2, -0.15) is 22.8 Å². The molecule has 4 rings (SSSR count). The van der Waals surface area contributed by atoms with E-state index in [9.17, 15) is 22.8 Å². The number of benzene rings is 1. The molecule has 160 valence electrons. The minimum absolute atomic E-state index is 0.0544. The summed E-state index contributed by atoms with van der Waals surface area (Å²) in [5.74, 6) is -0.330. The maximum Gasteiger partial charge on any atom is 0.416 e. The fourth-order valence-corrected chi connectivity index (χ4v) is 3.12. The van der Waals surface area contributed by atoms with Crippen molar-refractivity contribution in [3.05, 3.63) is 58.1 Å². The molecule has 0 aliphatic rings. The summed E-state index contributed by atoms with van der Waals surface area (Å²) in [5, 5.41) is 18.4. The van der Waals surface area contributed by atoms with Crippen LogP contribution in [0.4, 0.5) is 19.0 Å². The van der Waals surface area contributed by atoms with Gasteiger partial charge in [0, 0.05) is 11.4 Å². The van der Waals surface area contributed by atoms with Gasteiger partial charge in [-0.1, -0.05) is 0 Å². The van der Waals surface area contributed by atoms with Crippen LogP contribution in [-0.2, 0) is 17.4 Å². The first-order valence-electron chi connectivity index (χ1n) is 9.23. The Morgan fingerprint density at radius 1 is 1.16 bits per heavy atom. The molecule has 1 amide bonds. The number of anilines is 1. The van der Waals surface area contributed by atoms with Crippen LogP contribution < -0.4 is 10.7 Å². The molecule has 0 unspecified atom stereocenters. The second-order valence-corrected chi connectivity index (χ2v) is 7.12. The zero-order valence-electron chi connectivity index (χ0n) is 16.4. The Labute approximate surface area is 172 Å². The fraction of sp³-hybridized carbons (Fsp3) is 0.263. The van der Waals surface area contributed by atoms with E-state index in [0.29, 0.717) is 5.65 Å². The summed E-state index contributed by atoms with van der Waals surface area (Å²) in [7, 11) is 0. The third kappa shape index (κ3) is 3.96. The lowest BCUT2D eigenvalue weighted by atomic mass is 10.1. The maximum atomic E-state index is 13.1. The molecular weight excluding hydrogens is 415 g/mol. The second-order valence-electron chi connectivity index (χ2n) is 7.12. The predicted octanol–water partition coefficient (Wildman–Crippen LogP) is 2.62. The van der Waals surface area contributed by atoms with E-state index in [4.69, 9.17) is 0 Å². The average Bonchev–Trinajstić information content (AvgIpc) is 3.16. The summed E-state index contributed by atoms with van der Waals surface area (Å²) in [4.78, 5) is 25.3. The number of nitrogens with one attached hydrogen (secondary N) is 1. The topological polar surface area (TPSA) is 107 Å². The lowest BCUT2D eigenvalue weighted by molar-refractivity contribution is -0.137. The fourth-order valence-electron chi connectivity index (χ4n) is 3.12. The number of aromatic nitrogens is 6. The average molecular weight is 431 g/mol. The third-order valence-electron chi connectivity index (χ3n) is 4.55. The number of hydrogen-bond donors (Lipinski definition) is 1. The maximum absolute atomic E-state index is 13.1. The van der Waals surface area contributed by atoms with Crippen LogP contribution in [0.15, 0.2) is 41.5 Å². The molecule has 12 heteroatoms. The second kappa shape index (κ2) is 7.45. The predicted molar refractivity (Wildman–Crippen MR) is 105 cm³/mol. The van der Waals surface area contributed by atoms with E-state index >= 15 is 0 Å². The molecule has 3 aromatic heterocycles. The molecule has 0 atom stereocenters. The van der Waals surface area contributed by atoms with Crippen molar-refractivity contribution >= 4 is 28.3 Å². The van der Waals surface area contributed by atoms with E-state index in [1.54, 1.807) is 19.9 Å². The normalized spacial score (nSPS) is 12.1. The summed E-state index contributed by atoms with van der Waals surface area (Å²) in [5.41, 5.74) is -1.01. The lowest BCUT2D eigenvalue weighted by Crippen LogP contribution is -2.26. The van der Waals surface area contributed by atoms with Crippen LogP contribution in [-0.4, -0.2) is 35.5 Å². The summed E-state index contributed by atoms with van der Waals surface area (Å²) in [6, 6.07) is 5.65. The number of alkyl halides is 3. The van der Waals surface area contributed by atoms with E-state index in [1.807, 2.05) is 0 Å². The molecule has 4 aromatic rings. The van der Waals surface area contributed by atoms with Crippen molar-refractivity contribution in [2.45, 2.75) is 32.5 Å². The van der Waals surface area contributed by atoms with E-state index < -0.39 is 23.1 Å². The zero-order valence-corrected chi connectivity index (χ0v) is 16.4. The number of rotatable bonds is 4. The van der Waals surface area contributed by atoms with Gasteiger partial charge in [0.05, 0.1) is 17.5 Å². The van der Waals surface area contributed by atoms with Gasteiger partial charge in [0.2, 0.25) is 11.3 Å². The van der Waals surface area contributed by atoms with Gasteiger partial charge >= 0.3 is 6.18 Å². The van der Waals surface area contributed by atoms with Crippen molar-refractivity contribution in [3.63, 3.8) is 0 Å². The Kier molecular flexibility index (Phi) is 4.91. The quantitative estimate of drug-likeness (QED) is 0.532. The van der Waals surface area contributed by atoms with Crippen molar-refractivity contribution in [2.24, 2.45) is 0 Å². The van der Waals surface area contributed by atoms with Crippen LogP contribution in [0.2, 0.25) is 0 Å². The van der Waals surface area contributed by atoms with Gasteiger partial charge in [-0.3, -0.25) is 14.3 Å². The van der Waals surface area contributed by atoms with E-state index in [-0.39, 0.29) is 34.9 Å². The van der Waals surface area contributed by atoms with Crippen molar-refractivity contribution in [3.8, 4) is 0 Å². The van der Waals surface area contributed by atoms with Crippen molar-refractivity contribution in [1.82, 2.24) is 29.6 Å². The molecule has 0 saturated heterocycles. The molecule has 0 radical (unpaired) electrons. The first kappa shape index (κ1) is 20.4. The zero-order chi connectivity index (χ0) is 22.3. The van der Waals surface area contributed by atoms with Crippen LogP contribution in [0.25, 0.3) is 16.6 Å². The molecule has 0 bridgehead atoms. The summed E-state index contributed by atoms with van der Waals surface area (Å²) >= 11 is 0. The van der Waals surface area contributed by atoms with Crippen LogP contribution >= 0.6 is 0 Å². The Hall–Kier alpha value is -3.83. The molecule has 0 aliphatic carbocycles. The largest absolute Gasteiger partial charge is 0.416 e. The molecule has 3 heterocycles. The smallest absolute Gasteiger partial charge is 0.309 e. The number of carbonyl (C=O) groups excluding carboxylic acids is 1. The first-order valence-corrected chi connectivity index (χ1v) is 9.23. The van der Waals surface area contributed by atoms with Gasteiger partial charge in [-0.05, 0) is 44.2 Å². The Balaban J connectivity index is 1.68. The summed E-state index contributed by atoms with van der Waals surface area (Å²) in [6.07, 6.45) is -3.56. The number of halogens is 3. The van der Waals surface area contributed by atoms with E-state index in [2.05, 4.69) is 25.7 Å². The van der Waals surface area contributed by atoms with Gasteiger partial charge in [-0.25, -0.2) is 0 Å². The van der Waals surface area contributed by atoms with Gasteiger partial charge in [0.15, 0.2) is 11.5 Å². The molecule has 0 spiro atoms. The van der Waals surface area contributed by atoms with Gasteiger partial charge in [-0.15, -0.1) is 15.3 Å². The minimum Gasteiger partial charge on any atom is -0.309 e.